The van der Waals surface area contributed by atoms with Crippen LogP contribution < -0.4 is 0 Å². The Balaban J connectivity index is 4.11. The first-order valence-electron chi connectivity index (χ1n) is 6.11. The van der Waals surface area contributed by atoms with Crippen LogP contribution >= 0.6 is 0 Å². The van der Waals surface area contributed by atoms with Gasteiger partial charge >= 0.3 is 0 Å². The summed E-state index contributed by atoms with van der Waals surface area (Å²) in [6.07, 6.45) is 7.20. The van der Waals surface area contributed by atoms with Gasteiger partial charge in [-0.15, -0.1) is 6.58 Å². The molecule has 0 aromatic rings. The Labute approximate surface area is 105 Å². The maximum absolute atomic E-state index is 9.73. The highest BCUT2D eigenvalue weighted by atomic mass is 16.3. The molecule has 0 saturated heterocycles. The second-order valence-corrected chi connectivity index (χ2v) is 5.17. The van der Waals surface area contributed by atoms with Gasteiger partial charge in [0.1, 0.15) is 0 Å². The van der Waals surface area contributed by atoms with Crippen molar-refractivity contribution in [1.29, 1.82) is 0 Å². The van der Waals surface area contributed by atoms with E-state index in [9.17, 15) is 10.2 Å². The van der Waals surface area contributed by atoms with Gasteiger partial charge in [-0.3, -0.25) is 0 Å². The molecule has 2 heteroatoms. The Kier molecular flexibility index (Phi) is 7.09. The molecule has 2 N–H and O–H groups in total. The molecule has 2 atom stereocenters. The largest absolute Gasteiger partial charge is 0.389 e. The van der Waals surface area contributed by atoms with Crippen LogP contribution in [0.25, 0.3) is 0 Å². The van der Waals surface area contributed by atoms with Gasteiger partial charge in [-0.1, -0.05) is 29.4 Å². The average Bonchev–Trinajstić information content (AvgIpc) is 2.15. The molecule has 0 aromatic heterocycles. The van der Waals surface area contributed by atoms with Crippen molar-refractivity contribution >= 4 is 0 Å². The van der Waals surface area contributed by atoms with E-state index in [0.717, 1.165) is 17.6 Å². The molecule has 0 rings (SSSR count). The zero-order chi connectivity index (χ0) is 13.5. The highest BCUT2D eigenvalue weighted by molar-refractivity contribution is 5.07. The van der Waals surface area contributed by atoms with Crippen LogP contribution in [0.4, 0.5) is 0 Å². The summed E-state index contributed by atoms with van der Waals surface area (Å²) in [5.74, 6) is 0. The van der Waals surface area contributed by atoms with Crippen LogP contribution in [-0.2, 0) is 0 Å². The van der Waals surface area contributed by atoms with Gasteiger partial charge in [0.15, 0.2) is 0 Å². The quantitative estimate of drug-likeness (QED) is 0.668. The van der Waals surface area contributed by atoms with E-state index in [2.05, 4.69) is 12.7 Å². The third-order valence-electron chi connectivity index (χ3n) is 2.64. The maximum atomic E-state index is 9.73. The minimum Gasteiger partial charge on any atom is -0.389 e. The highest BCUT2D eigenvalue weighted by Gasteiger charge is 2.13. The van der Waals surface area contributed by atoms with Gasteiger partial charge in [0, 0.05) is 0 Å². The summed E-state index contributed by atoms with van der Waals surface area (Å²) in [4.78, 5) is 0. The van der Waals surface area contributed by atoms with Gasteiger partial charge in [-0.25, -0.2) is 0 Å². The van der Waals surface area contributed by atoms with Crippen LogP contribution in [-0.4, -0.2) is 21.9 Å². The Hall–Kier alpha value is -0.860. The minimum atomic E-state index is -0.796. The maximum Gasteiger partial charge on any atom is 0.0800 e. The van der Waals surface area contributed by atoms with Crippen LogP contribution in [0.15, 0.2) is 36.0 Å². The molecule has 2 nitrogen and oxygen atoms in total. The first-order valence-corrected chi connectivity index (χ1v) is 6.11. The Morgan fingerprint density at radius 2 is 1.94 bits per heavy atom. The zero-order valence-corrected chi connectivity index (χ0v) is 11.5. The first-order chi connectivity index (χ1) is 7.76. The Morgan fingerprint density at radius 3 is 2.41 bits per heavy atom. The lowest BCUT2D eigenvalue weighted by Crippen LogP contribution is -2.19. The second-order valence-electron chi connectivity index (χ2n) is 5.17. The predicted octanol–water partition coefficient (Wildman–Crippen LogP) is 3.37. The summed E-state index contributed by atoms with van der Waals surface area (Å²) in [5, 5.41) is 19.4. The number of allylic oxidation sites excluding steroid dienone is 2. The summed E-state index contributed by atoms with van der Waals surface area (Å²) in [6, 6.07) is 0. The molecule has 0 aromatic carbocycles. The van der Waals surface area contributed by atoms with E-state index in [1.54, 1.807) is 13.0 Å². The lowest BCUT2D eigenvalue weighted by atomic mass is 9.98. The van der Waals surface area contributed by atoms with Crippen LogP contribution in [0.2, 0.25) is 0 Å². The normalized spacial score (nSPS) is 17.2. The van der Waals surface area contributed by atoms with E-state index in [-0.39, 0.29) is 0 Å². The van der Waals surface area contributed by atoms with Gasteiger partial charge in [0.25, 0.3) is 0 Å². The SMILES string of the molecule is C=C[C@@](C)(O)CC/C=C(\C)C[C@@H](O)C=C(C)C. The van der Waals surface area contributed by atoms with E-state index in [1.165, 1.54) is 0 Å². The second kappa shape index (κ2) is 7.46. The van der Waals surface area contributed by atoms with Crippen LogP contribution in [0, 0.1) is 0 Å². The third-order valence-corrected chi connectivity index (χ3v) is 2.64. The van der Waals surface area contributed by atoms with Gasteiger partial charge in [-0.05, 0) is 47.0 Å². The molecule has 0 spiro atoms. The fraction of sp³-hybridized carbons (Fsp3) is 0.600. The molecule has 0 fully saturated rings. The van der Waals surface area contributed by atoms with Crippen molar-refractivity contribution in [3.05, 3.63) is 36.0 Å². The molecule has 0 aliphatic rings. The molecular weight excluding hydrogens is 212 g/mol. The first kappa shape index (κ1) is 16.1. The van der Waals surface area contributed by atoms with Gasteiger partial charge in [-0.2, -0.15) is 0 Å². The lowest BCUT2D eigenvalue weighted by molar-refractivity contribution is 0.103. The van der Waals surface area contributed by atoms with E-state index >= 15 is 0 Å². The molecule has 0 unspecified atom stereocenters. The summed E-state index contributed by atoms with van der Waals surface area (Å²) >= 11 is 0. The zero-order valence-electron chi connectivity index (χ0n) is 11.5. The third kappa shape index (κ3) is 8.90. The molecule has 0 heterocycles. The Bertz CT molecular complexity index is 294. The molecule has 0 aliphatic heterocycles. The van der Waals surface area contributed by atoms with E-state index < -0.39 is 11.7 Å². The smallest absolute Gasteiger partial charge is 0.0800 e. The number of aliphatic hydroxyl groups is 2. The van der Waals surface area contributed by atoms with Crippen molar-refractivity contribution in [3.63, 3.8) is 0 Å². The van der Waals surface area contributed by atoms with Crippen LogP contribution in [0.3, 0.4) is 0 Å². The van der Waals surface area contributed by atoms with Crippen molar-refractivity contribution in [2.24, 2.45) is 0 Å². The van der Waals surface area contributed by atoms with E-state index in [1.807, 2.05) is 26.8 Å². The number of hydrogen-bond acceptors (Lipinski definition) is 2. The van der Waals surface area contributed by atoms with Crippen LogP contribution in [0.1, 0.15) is 47.0 Å². The minimum absolute atomic E-state index is 0.406. The van der Waals surface area contributed by atoms with E-state index in [4.69, 9.17) is 0 Å². The standard InChI is InChI=1S/C15H26O2/c1-6-15(5,17)9-7-8-13(4)11-14(16)10-12(2)3/h6,8,10,14,16-17H,1,7,9,11H2,2-5H3/b13-8+/t14-,15+/m0/s1. The summed E-state index contributed by atoms with van der Waals surface area (Å²) in [6.45, 7) is 11.3. The molecule has 0 radical (unpaired) electrons. The number of hydrogen-bond donors (Lipinski definition) is 2. The average molecular weight is 238 g/mol. The number of aliphatic hydroxyl groups excluding tert-OH is 1. The van der Waals surface area contributed by atoms with Crippen molar-refractivity contribution in [1.82, 2.24) is 0 Å². The summed E-state index contributed by atoms with van der Waals surface area (Å²) in [5.41, 5.74) is 1.48. The van der Waals surface area contributed by atoms with Crippen molar-refractivity contribution in [2.75, 3.05) is 0 Å². The highest BCUT2D eigenvalue weighted by Crippen LogP contribution is 2.15. The van der Waals surface area contributed by atoms with Crippen molar-refractivity contribution < 1.29 is 10.2 Å². The fourth-order valence-electron chi connectivity index (χ4n) is 1.57. The molecule has 0 bridgehead atoms. The fourth-order valence-corrected chi connectivity index (χ4v) is 1.57. The monoisotopic (exact) mass is 238 g/mol. The Morgan fingerprint density at radius 1 is 1.35 bits per heavy atom. The van der Waals surface area contributed by atoms with Crippen molar-refractivity contribution in [2.45, 2.75) is 58.7 Å². The number of rotatable bonds is 7. The van der Waals surface area contributed by atoms with Gasteiger partial charge < -0.3 is 10.2 Å². The summed E-state index contributed by atoms with van der Waals surface area (Å²) < 4.78 is 0. The van der Waals surface area contributed by atoms with Crippen molar-refractivity contribution in [3.8, 4) is 0 Å². The molecule has 17 heavy (non-hydrogen) atoms. The van der Waals surface area contributed by atoms with Gasteiger partial charge in [0.2, 0.25) is 0 Å². The molecule has 98 valence electrons. The topological polar surface area (TPSA) is 40.5 Å². The molecule has 0 saturated carbocycles. The molecule has 0 amide bonds. The molecular formula is C15H26O2. The van der Waals surface area contributed by atoms with Crippen LogP contribution in [0.5, 0.6) is 0 Å². The van der Waals surface area contributed by atoms with Gasteiger partial charge in [0.05, 0.1) is 11.7 Å². The molecule has 0 aliphatic carbocycles. The summed E-state index contributed by atoms with van der Waals surface area (Å²) in [7, 11) is 0. The van der Waals surface area contributed by atoms with E-state index in [0.29, 0.717) is 12.8 Å². The predicted molar refractivity (Wildman–Crippen MR) is 73.9 cm³/mol. The lowest BCUT2D eigenvalue weighted by Gasteiger charge is -2.17.